The van der Waals surface area contributed by atoms with Crippen LogP contribution in [0.3, 0.4) is 0 Å². The van der Waals surface area contributed by atoms with Gasteiger partial charge in [0.2, 0.25) is 11.7 Å². The molecule has 33 heavy (non-hydrogen) atoms. The van der Waals surface area contributed by atoms with E-state index in [1.807, 2.05) is 18.4 Å². The molecule has 1 amide bonds. The van der Waals surface area contributed by atoms with Crippen molar-refractivity contribution in [2.24, 2.45) is 0 Å². The van der Waals surface area contributed by atoms with Crippen LogP contribution in [0.1, 0.15) is 35.0 Å². The first-order valence-corrected chi connectivity index (χ1v) is 11.1. The molecule has 0 saturated carbocycles. The number of nitrogens with zero attached hydrogens (tertiary/aromatic N) is 1. The molecule has 0 unspecified atom stereocenters. The van der Waals surface area contributed by atoms with Gasteiger partial charge in [-0.25, -0.2) is 9.37 Å². The molecule has 0 bridgehead atoms. The number of carbonyl (C=O) groups excluding carboxylic acids is 1. The van der Waals surface area contributed by atoms with Gasteiger partial charge in [-0.3, -0.25) is 4.79 Å². The molecule has 1 aliphatic rings. The SMILES string of the molecule is COc1cc(C=C2C(C)=C(CC(=O)NCc3nccs3)c3cc(F)ccc32)cc(OC)c1O. The van der Waals surface area contributed by atoms with Crippen molar-refractivity contribution in [3.8, 4) is 17.2 Å². The minimum atomic E-state index is -0.364. The number of halogens is 1. The third-order valence-electron chi connectivity index (χ3n) is 5.52. The van der Waals surface area contributed by atoms with Crippen LogP contribution in [0.15, 0.2) is 47.5 Å². The highest BCUT2D eigenvalue weighted by Gasteiger charge is 2.26. The van der Waals surface area contributed by atoms with Gasteiger partial charge < -0.3 is 19.9 Å². The number of fused-ring (bicyclic) bond motifs is 1. The number of allylic oxidation sites excluding steroid dienone is 2. The zero-order chi connectivity index (χ0) is 23.5. The van der Waals surface area contributed by atoms with Gasteiger partial charge in [-0.15, -0.1) is 11.3 Å². The van der Waals surface area contributed by atoms with E-state index in [2.05, 4.69) is 10.3 Å². The predicted molar refractivity (Wildman–Crippen MR) is 127 cm³/mol. The molecular weight excluding hydrogens is 443 g/mol. The van der Waals surface area contributed by atoms with E-state index >= 15 is 0 Å². The summed E-state index contributed by atoms with van der Waals surface area (Å²) in [7, 11) is 2.93. The molecule has 2 aromatic carbocycles. The van der Waals surface area contributed by atoms with E-state index in [4.69, 9.17) is 9.47 Å². The van der Waals surface area contributed by atoms with Crippen LogP contribution in [-0.2, 0) is 11.3 Å². The number of methoxy groups -OCH3 is 2. The molecule has 0 spiro atoms. The Balaban J connectivity index is 1.70. The Kier molecular flexibility index (Phi) is 6.46. The summed E-state index contributed by atoms with van der Waals surface area (Å²) in [6.07, 6.45) is 3.73. The molecule has 8 heteroatoms. The van der Waals surface area contributed by atoms with Crippen LogP contribution in [0, 0.1) is 5.82 Å². The number of thiazole rings is 1. The summed E-state index contributed by atoms with van der Waals surface area (Å²) in [6.45, 7) is 2.27. The van der Waals surface area contributed by atoms with Crippen molar-refractivity contribution in [3.05, 3.63) is 75.0 Å². The molecule has 4 rings (SSSR count). The van der Waals surface area contributed by atoms with Crippen LogP contribution in [0.4, 0.5) is 4.39 Å². The molecule has 0 aliphatic heterocycles. The summed E-state index contributed by atoms with van der Waals surface area (Å²) in [5.41, 5.74) is 4.78. The second kappa shape index (κ2) is 9.46. The van der Waals surface area contributed by atoms with Gasteiger partial charge in [-0.1, -0.05) is 6.07 Å². The molecule has 2 N–H and O–H groups in total. The fourth-order valence-electron chi connectivity index (χ4n) is 3.88. The fraction of sp³-hybridized carbons (Fsp3) is 0.200. The number of carbonyl (C=O) groups is 1. The van der Waals surface area contributed by atoms with Gasteiger partial charge in [0, 0.05) is 11.6 Å². The van der Waals surface area contributed by atoms with Gasteiger partial charge in [0.05, 0.1) is 27.2 Å². The normalized spacial score (nSPS) is 13.9. The molecule has 0 fully saturated rings. The van der Waals surface area contributed by atoms with Gasteiger partial charge in [0.15, 0.2) is 11.5 Å². The van der Waals surface area contributed by atoms with E-state index < -0.39 is 0 Å². The third kappa shape index (κ3) is 4.61. The van der Waals surface area contributed by atoms with E-state index in [0.29, 0.717) is 12.1 Å². The van der Waals surface area contributed by atoms with E-state index in [-0.39, 0.29) is 35.4 Å². The van der Waals surface area contributed by atoms with Crippen LogP contribution in [0.5, 0.6) is 17.2 Å². The largest absolute Gasteiger partial charge is 0.502 e. The average molecular weight is 467 g/mol. The minimum Gasteiger partial charge on any atom is -0.502 e. The smallest absolute Gasteiger partial charge is 0.224 e. The zero-order valence-electron chi connectivity index (χ0n) is 18.4. The summed E-state index contributed by atoms with van der Waals surface area (Å²) in [4.78, 5) is 16.8. The fourth-order valence-corrected chi connectivity index (χ4v) is 4.44. The molecule has 0 radical (unpaired) electrons. The highest BCUT2D eigenvalue weighted by Crippen LogP contribution is 2.45. The first kappa shape index (κ1) is 22.5. The van der Waals surface area contributed by atoms with Crippen molar-refractivity contribution in [2.45, 2.75) is 19.9 Å². The average Bonchev–Trinajstić information content (AvgIpc) is 3.41. The maximum Gasteiger partial charge on any atom is 0.224 e. The van der Waals surface area contributed by atoms with Gasteiger partial charge in [0.25, 0.3) is 0 Å². The van der Waals surface area contributed by atoms with Gasteiger partial charge in [-0.2, -0.15) is 0 Å². The van der Waals surface area contributed by atoms with Crippen LogP contribution in [0.2, 0.25) is 0 Å². The quantitative estimate of drug-likeness (QED) is 0.510. The molecule has 1 aromatic heterocycles. The van der Waals surface area contributed by atoms with E-state index in [1.165, 1.54) is 37.7 Å². The topological polar surface area (TPSA) is 80.7 Å². The summed E-state index contributed by atoms with van der Waals surface area (Å²) in [5.74, 6) is -0.0507. The number of aromatic nitrogens is 1. The first-order chi connectivity index (χ1) is 15.9. The van der Waals surface area contributed by atoms with E-state index in [9.17, 15) is 14.3 Å². The highest BCUT2D eigenvalue weighted by atomic mass is 32.1. The Morgan fingerprint density at radius 1 is 1.18 bits per heavy atom. The number of phenols is 1. The maximum absolute atomic E-state index is 14.1. The molecule has 1 heterocycles. The summed E-state index contributed by atoms with van der Waals surface area (Å²) >= 11 is 1.47. The number of nitrogens with one attached hydrogen (secondary N) is 1. The number of ether oxygens (including phenoxy) is 2. The number of benzene rings is 2. The number of amides is 1. The molecule has 6 nitrogen and oxygen atoms in total. The van der Waals surface area contributed by atoms with Crippen molar-refractivity contribution in [1.29, 1.82) is 0 Å². The molecule has 170 valence electrons. The van der Waals surface area contributed by atoms with Crippen molar-refractivity contribution in [3.63, 3.8) is 0 Å². The van der Waals surface area contributed by atoms with E-state index in [1.54, 1.807) is 24.4 Å². The highest BCUT2D eigenvalue weighted by molar-refractivity contribution is 7.09. The molecule has 0 atom stereocenters. The lowest BCUT2D eigenvalue weighted by molar-refractivity contribution is -0.120. The predicted octanol–water partition coefficient (Wildman–Crippen LogP) is 5.04. The zero-order valence-corrected chi connectivity index (χ0v) is 19.3. The van der Waals surface area contributed by atoms with Crippen LogP contribution in [-0.4, -0.2) is 30.2 Å². The van der Waals surface area contributed by atoms with Crippen LogP contribution < -0.4 is 14.8 Å². The second-order valence-corrected chi connectivity index (χ2v) is 8.48. The van der Waals surface area contributed by atoms with Gasteiger partial charge >= 0.3 is 0 Å². The summed E-state index contributed by atoms with van der Waals surface area (Å²) in [5, 5.41) is 15.8. The first-order valence-electron chi connectivity index (χ1n) is 10.2. The number of hydrogen-bond acceptors (Lipinski definition) is 6. The Labute approximate surface area is 195 Å². The Morgan fingerprint density at radius 2 is 1.91 bits per heavy atom. The number of phenolic OH excluding ortho intramolecular Hbond substituents is 1. The van der Waals surface area contributed by atoms with Crippen LogP contribution >= 0.6 is 11.3 Å². The van der Waals surface area contributed by atoms with Crippen LogP contribution in [0.25, 0.3) is 17.2 Å². The van der Waals surface area contributed by atoms with E-state index in [0.717, 1.165) is 32.9 Å². The van der Waals surface area contributed by atoms with Gasteiger partial charge in [0.1, 0.15) is 10.8 Å². The Bertz CT molecular complexity index is 1240. The summed E-state index contributed by atoms with van der Waals surface area (Å²) < 4.78 is 24.6. The lowest BCUT2D eigenvalue weighted by Gasteiger charge is -2.11. The van der Waals surface area contributed by atoms with Gasteiger partial charge in [-0.05, 0) is 70.7 Å². The number of rotatable bonds is 7. The third-order valence-corrected chi connectivity index (χ3v) is 6.30. The Morgan fingerprint density at radius 3 is 2.55 bits per heavy atom. The summed E-state index contributed by atoms with van der Waals surface area (Å²) in [6, 6.07) is 7.97. The molecule has 0 saturated heterocycles. The van der Waals surface area contributed by atoms with Crippen molar-refractivity contribution < 1.29 is 23.8 Å². The standard InChI is InChI=1S/C25H23FN2O4S/c1-14-18(8-15-9-21(31-2)25(30)22(10-15)32-3)17-5-4-16(26)11-20(17)19(14)12-23(29)28-13-24-27-6-7-33-24/h4-11,30H,12-13H2,1-3H3,(H,28,29). The second-order valence-electron chi connectivity index (χ2n) is 7.50. The lowest BCUT2D eigenvalue weighted by atomic mass is 10.00. The lowest BCUT2D eigenvalue weighted by Crippen LogP contribution is -2.22. The molecule has 3 aromatic rings. The van der Waals surface area contributed by atoms with Crippen molar-refractivity contribution >= 4 is 34.5 Å². The molecular formula is C25H23FN2O4S. The van der Waals surface area contributed by atoms with Crippen molar-refractivity contribution in [2.75, 3.05) is 14.2 Å². The Hall–Kier alpha value is -3.65. The van der Waals surface area contributed by atoms with Crippen molar-refractivity contribution in [1.82, 2.24) is 10.3 Å². The maximum atomic E-state index is 14.1. The number of aromatic hydroxyl groups is 1. The monoisotopic (exact) mass is 466 g/mol. The molecule has 1 aliphatic carbocycles. The minimum absolute atomic E-state index is 0.0825. The number of hydrogen-bond donors (Lipinski definition) is 2.